The Morgan fingerprint density at radius 1 is 0.456 bits per heavy atom. The van der Waals surface area contributed by atoms with Gasteiger partial charge in [0.05, 0.1) is 25.9 Å². The molecule has 0 bridgehead atoms. The maximum absolute atomic E-state index is 12.4. The van der Waals surface area contributed by atoms with Crippen LogP contribution in [0.5, 0.6) is 0 Å². The van der Waals surface area contributed by atoms with E-state index in [2.05, 4.69) is 32.6 Å². The van der Waals surface area contributed by atoms with Crippen molar-refractivity contribution in [1.82, 2.24) is 4.90 Å². The van der Waals surface area contributed by atoms with Crippen LogP contribution in [0.1, 0.15) is 265 Å². The van der Waals surface area contributed by atoms with Crippen molar-refractivity contribution >= 4 is 5.97 Å². The molecule has 0 aromatic heterocycles. The first-order valence-electron chi connectivity index (χ1n) is 26.2. The van der Waals surface area contributed by atoms with Gasteiger partial charge in [0.1, 0.15) is 0 Å². The van der Waals surface area contributed by atoms with Crippen LogP contribution in [0.3, 0.4) is 0 Å². The number of rotatable bonds is 45. The molecule has 1 aliphatic heterocycles. The van der Waals surface area contributed by atoms with E-state index in [0.29, 0.717) is 19.1 Å². The molecule has 0 N–H and O–H groups in total. The predicted molar refractivity (Wildman–Crippen MR) is 248 cm³/mol. The first-order chi connectivity index (χ1) is 28.1. The van der Waals surface area contributed by atoms with Crippen LogP contribution in [0.25, 0.3) is 0 Å². The van der Waals surface area contributed by atoms with Crippen molar-refractivity contribution in [3.05, 3.63) is 0 Å². The van der Waals surface area contributed by atoms with E-state index in [4.69, 9.17) is 14.2 Å². The lowest BCUT2D eigenvalue weighted by Crippen LogP contribution is -2.36. The molecule has 340 valence electrons. The van der Waals surface area contributed by atoms with Crippen LogP contribution in [-0.2, 0) is 19.0 Å². The van der Waals surface area contributed by atoms with Crippen molar-refractivity contribution in [2.45, 2.75) is 271 Å². The van der Waals surface area contributed by atoms with Crippen LogP contribution < -0.4 is 0 Å². The highest BCUT2D eigenvalue weighted by molar-refractivity contribution is 5.69. The molecule has 57 heavy (non-hydrogen) atoms. The van der Waals surface area contributed by atoms with Crippen molar-refractivity contribution in [1.29, 1.82) is 0 Å². The van der Waals surface area contributed by atoms with Gasteiger partial charge >= 0.3 is 5.97 Å². The van der Waals surface area contributed by atoms with E-state index in [0.717, 1.165) is 64.0 Å². The summed E-state index contributed by atoms with van der Waals surface area (Å²) in [6.45, 7) is 15.9. The summed E-state index contributed by atoms with van der Waals surface area (Å²) in [4.78, 5) is 15.0. The molecule has 1 aliphatic rings. The smallest absolute Gasteiger partial charge is 0.305 e. The molecular formula is C52H103NO4. The molecule has 0 aromatic carbocycles. The molecule has 1 heterocycles. The topological polar surface area (TPSA) is 48.0 Å². The quantitative estimate of drug-likeness (QED) is 0.0453. The maximum Gasteiger partial charge on any atom is 0.305 e. The van der Waals surface area contributed by atoms with Gasteiger partial charge in [-0.15, -0.1) is 0 Å². The van der Waals surface area contributed by atoms with Crippen molar-refractivity contribution in [3.63, 3.8) is 0 Å². The van der Waals surface area contributed by atoms with Crippen LogP contribution in [0.15, 0.2) is 0 Å². The second kappa shape index (κ2) is 43.4. The molecule has 5 nitrogen and oxygen atoms in total. The minimum Gasteiger partial charge on any atom is -0.466 e. The van der Waals surface area contributed by atoms with Crippen LogP contribution >= 0.6 is 0 Å². The molecule has 1 rings (SSSR count). The normalized spacial score (nSPS) is 14.3. The second-order valence-corrected chi connectivity index (χ2v) is 18.4. The average Bonchev–Trinajstić information content (AvgIpc) is 3.22. The van der Waals surface area contributed by atoms with Gasteiger partial charge in [0.15, 0.2) is 0 Å². The van der Waals surface area contributed by atoms with Gasteiger partial charge in [0, 0.05) is 26.1 Å². The third kappa shape index (κ3) is 36.9. The molecular weight excluding hydrogens is 703 g/mol. The highest BCUT2D eigenvalue weighted by Gasteiger charge is 2.13. The Hall–Kier alpha value is -0.650. The number of unbranched alkanes of at least 4 members (excludes halogenated alkanes) is 21. The summed E-state index contributed by atoms with van der Waals surface area (Å²) in [6, 6.07) is 0. The summed E-state index contributed by atoms with van der Waals surface area (Å²) in [7, 11) is 0. The van der Waals surface area contributed by atoms with Gasteiger partial charge in [-0.1, -0.05) is 220 Å². The largest absolute Gasteiger partial charge is 0.466 e. The monoisotopic (exact) mass is 806 g/mol. The summed E-state index contributed by atoms with van der Waals surface area (Å²) in [5.74, 6) is 1.75. The summed E-state index contributed by atoms with van der Waals surface area (Å²) >= 11 is 0. The Kier molecular flexibility index (Phi) is 41.4. The number of nitrogens with zero attached hydrogens (tertiary/aromatic N) is 1. The zero-order valence-corrected chi connectivity index (χ0v) is 39.4. The minimum absolute atomic E-state index is 0.0236. The third-order valence-electron chi connectivity index (χ3n) is 13.0. The standard InChI is InChI=1S/C52H103NO4/c1-5-9-23-33-49(34-24-10-6-2)37-27-19-15-13-14-16-20-28-38-51(56-45-32-31-42-53-43-47-55-48-44-53)39-29-21-17-18-22-30-40-52(54)57-46-41-50(35-25-11-7-3)36-26-12-8-4/h49-51H,5-48H2,1-4H3. The number of carbonyl (C=O) groups is 1. The Morgan fingerprint density at radius 3 is 1.33 bits per heavy atom. The van der Waals surface area contributed by atoms with E-state index in [9.17, 15) is 4.79 Å². The van der Waals surface area contributed by atoms with Crippen molar-refractivity contribution in [3.8, 4) is 0 Å². The van der Waals surface area contributed by atoms with Crippen LogP contribution in [0, 0.1) is 11.8 Å². The van der Waals surface area contributed by atoms with Gasteiger partial charge in [-0.05, 0) is 56.9 Å². The molecule has 1 saturated heterocycles. The van der Waals surface area contributed by atoms with Crippen molar-refractivity contribution in [2.75, 3.05) is 46.1 Å². The number of carbonyl (C=O) groups excluding carboxylic acids is 1. The highest BCUT2D eigenvalue weighted by Crippen LogP contribution is 2.25. The van der Waals surface area contributed by atoms with Gasteiger partial charge in [-0.2, -0.15) is 0 Å². The van der Waals surface area contributed by atoms with Gasteiger partial charge in [-0.25, -0.2) is 0 Å². The van der Waals surface area contributed by atoms with E-state index < -0.39 is 0 Å². The Morgan fingerprint density at radius 2 is 0.860 bits per heavy atom. The first kappa shape index (κ1) is 54.4. The molecule has 1 atom stereocenters. The van der Waals surface area contributed by atoms with Gasteiger partial charge in [-0.3, -0.25) is 9.69 Å². The van der Waals surface area contributed by atoms with Crippen LogP contribution in [0.4, 0.5) is 0 Å². The minimum atomic E-state index is 0.0236. The molecule has 0 aliphatic carbocycles. The average molecular weight is 806 g/mol. The molecule has 0 saturated carbocycles. The summed E-state index contributed by atoms with van der Waals surface area (Å²) < 4.78 is 17.8. The molecule has 0 amide bonds. The fraction of sp³-hybridized carbons (Fsp3) is 0.981. The SMILES string of the molecule is CCCCCC(CCCCC)CCCCCCCCCCC(CCCCCCCCC(=O)OCCC(CCCCC)CCCCC)OCCCCN1CCOCC1. The molecule has 5 heteroatoms. The molecule has 0 radical (unpaired) electrons. The van der Waals surface area contributed by atoms with E-state index >= 15 is 0 Å². The van der Waals surface area contributed by atoms with E-state index in [1.165, 1.54) is 218 Å². The van der Waals surface area contributed by atoms with Crippen molar-refractivity contribution < 1.29 is 19.0 Å². The molecule has 0 aromatic rings. The summed E-state index contributed by atoms with van der Waals surface area (Å²) in [5.41, 5.74) is 0. The fourth-order valence-electron chi connectivity index (χ4n) is 9.05. The zero-order chi connectivity index (χ0) is 41.1. The van der Waals surface area contributed by atoms with Gasteiger partial charge < -0.3 is 14.2 Å². The highest BCUT2D eigenvalue weighted by atomic mass is 16.5. The summed E-state index contributed by atoms with van der Waals surface area (Å²) in [5, 5.41) is 0. The van der Waals surface area contributed by atoms with Crippen LogP contribution in [-0.4, -0.2) is 63.0 Å². The van der Waals surface area contributed by atoms with Crippen molar-refractivity contribution in [2.24, 2.45) is 11.8 Å². The Labute approximate surface area is 358 Å². The molecule has 0 spiro atoms. The maximum atomic E-state index is 12.4. The van der Waals surface area contributed by atoms with Crippen LogP contribution in [0.2, 0.25) is 0 Å². The lowest BCUT2D eigenvalue weighted by molar-refractivity contribution is -0.144. The summed E-state index contributed by atoms with van der Waals surface area (Å²) in [6.07, 6.45) is 48.8. The second-order valence-electron chi connectivity index (χ2n) is 18.4. The lowest BCUT2D eigenvalue weighted by atomic mass is 9.90. The number of morpholine rings is 1. The number of ether oxygens (including phenoxy) is 3. The fourth-order valence-corrected chi connectivity index (χ4v) is 9.05. The number of hydrogen-bond acceptors (Lipinski definition) is 5. The molecule has 1 fully saturated rings. The number of esters is 1. The third-order valence-corrected chi connectivity index (χ3v) is 13.0. The predicted octanol–water partition coefficient (Wildman–Crippen LogP) is 16.0. The van der Waals surface area contributed by atoms with Gasteiger partial charge in [0.25, 0.3) is 0 Å². The zero-order valence-electron chi connectivity index (χ0n) is 39.4. The molecule has 1 unspecified atom stereocenters. The first-order valence-corrected chi connectivity index (χ1v) is 26.2. The van der Waals surface area contributed by atoms with E-state index in [1.54, 1.807) is 0 Å². The Balaban J connectivity index is 2.22. The van der Waals surface area contributed by atoms with E-state index in [1.807, 2.05) is 0 Å². The number of hydrogen-bond donors (Lipinski definition) is 0. The Bertz CT molecular complexity index is 781. The lowest BCUT2D eigenvalue weighted by Gasteiger charge is -2.26. The van der Waals surface area contributed by atoms with E-state index in [-0.39, 0.29) is 5.97 Å². The van der Waals surface area contributed by atoms with Gasteiger partial charge in [0.2, 0.25) is 0 Å².